The highest BCUT2D eigenvalue weighted by Gasteiger charge is 2.28. The Morgan fingerprint density at radius 1 is 1.50 bits per heavy atom. The maximum absolute atomic E-state index is 5.67. The van der Waals surface area contributed by atoms with Gasteiger partial charge in [0.25, 0.3) is 0 Å². The summed E-state index contributed by atoms with van der Waals surface area (Å²) in [7, 11) is 2.02. The molecule has 3 rings (SSSR count). The topological polar surface area (TPSA) is 39.1 Å². The van der Waals surface area contributed by atoms with Crippen molar-refractivity contribution in [2.45, 2.75) is 32.0 Å². The number of rotatable bonds is 1. The second kappa shape index (κ2) is 3.07. The van der Waals surface area contributed by atoms with Gasteiger partial charge in [-0.3, -0.25) is 4.68 Å². The van der Waals surface area contributed by atoms with Crippen LogP contribution in [-0.4, -0.2) is 16.4 Å². The van der Waals surface area contributed by atoms with Gasteiger partial charge in [0.15, 0.2) is 0 Å². The highest BCUT2D eigenvalue weighted by molar-refractivity contribution is 5.31. The van der Waals surface area contributed by atoms with Crippen LogP contribution in [0.15, 0.2) is 0 Å². The smallest absolute Gasteiger partial charge is 0.102 e. The lowest BCUT2D eigenvalue weighted by Crippen LogP contribution is -2.08. The standard InChI is InChI=1S/C10H15N3O/c1-13-8-6-11-5-7(8)10(12-13)9-3-2-4-14-9/h9,11H,2-6H2,1H3. The van der Waals surface area contributed by atoms with Crippen LogP contribution in [0.1, 0.15) is 35.9 Å². The van der Waals surface area contributed by atoms with E-state index < -0.39 is 0 Å². The lowest BCUT2D eigenvalue weighted by Gasteiger charge is -2.07. The zero-order chi connectivity index (χ0) is 9.54. The van der Waals surface area contributed by atoms with Gasteiger partial charge >= 0.3 is 0 Å². The van der Waals surface area contributed by atoms with E-state index in [1.165, 1.54) is 23.4 Å². The molecule has 0 radical (unpaired) electrons. The van der Waals surface area contributed by atoms with E-state index in [0.29, 0.717) is 0 Å². The lowest BCUT2D eigenvalue weighted by atomic mass is 10.1. The van der Waals surface area contributed by atoms with Crippen LogP contribution in [0.5, 0.6) is 0 Å². The van der Waals surface area contributed by atoms with E-state index in [1.54, 1.807) is 0 Å². The molecule has 3 heterocycles. The molecule has 1 N–H and O–H groups in total. The maximum atomic E-state index is 5.67. The first kappa shape index (κ1) is 8.44. The molecule has 1 atom stereocenters. The Kier molecular flexibility index (Phi) is 1.85. The summed E-state index contributed by atoms with van der Waals surface area (Å²) in [5, 5.41) is 7.92. The monoisotopic (exact) mass is 193 g/mol. The molecule has 4 nitrogen and oxygen atoms in total. The van der Waals surface area contributed by atoms with E-state index in [-0.39, 0.29) is 6.10 Å². The predicted octanol–water partition coefficient (Wildman–Crippen LogP) is 0.875. The van der Waals surface area contributed by atoms with Crippen LogP contribution >= 0.6 is 0 Å². The van der Waals surface area contributed by atoms with Crippen LogP contribution in [0.25, 0.3) is 0 Å². The molecule has 14 heavy (non-hydrogen) atoms. The third kappa shape index (κ3) is 1.11. The average molecular weight is 193 g/mol. The summed E-state index contributed by atoms with van der Waals surface area (Å²) < 4.78 is 7.67. The average Bonchev–Trinajstić information content (AvgIpc) is 2.84. The van der Waals surface area contributed by atoms with Crippen LogP contribution in [0.2, 0.25) is 0 Å². The Morgan fingerprint density at radius 3 is 3.21 bits per heavy atom. The van der Waals surface area contributed by atoms with Crippen molar-refractivity contribution >= 4 is 0 Å². The van der Waals surface area contributed by atoms with Gasteiger partial charge in [-0.25, -0.2) is 0 Å². The Bertz CT molecular complexity index is 352. The van der Waals surface area contributed by atoms with E-state index in [0.717, 1.165) is 26.1 Å². The zero-order valence-corrected chi connectivity index (χ0v) is 8.42. The number of aryl methyl sites for hydroxylation is 1. The van der Waals surface area contributed by atoms with Gasteiger partial charge in [0.2, 0.25) is 0 Å². The normalized spacial score (nSPS) is 25.6. The van der Waals surface area contributed by atoms with Gasteiger partial charge in [0.1, 0.15) is 6.10 Å². The van der Waals surface area contributed by atoms with Crippen LogP contribution in [0.4, 0.5) is 0 Å². The number of hydrogen-bond donors (Lipinski definition) is 1. The molecule has 1 aromatic heterocycles. The van der Waals surface area contributed by atoms with Gasteiger partial charge in [-0.2, -0.15) is 5.10 Å². The molecule has 0 saturated carbocycles. The van der Waals surface area contributed by atoms with Crippen molar-refractivity contribution in [3.05, 3.63) is 17.0 Å². The second-order valence-corrected chi connectivity index (χ2v) is 4.04. The van der Waals surface area contributed by atoms with Crippen molar-refractivity contribution < 1.29 is 4.74 Å². The zero-order valence-electron chi connectivity index (χ0n) is 8.42. The number of fused-ring (bicyclic) bond motifs is 1. The summed E-state index contributed by atoms with van der Waals surface area (Å²) in [4.78, 5) is 0. The van der Waals surface area contributed by atoms with Crippen molar-refractivity contribution in [3.8, 4) is 0 Å². The van der Waals surface area contributed by atoms with Crippen molar-refractivity contribution in [3.63, 3.8) is 0 Å². The van der Waals surface area contributed by atoms with E-state index in [2.05, 4.69) is 10.4 Å². The quantitative estimate of drug-likeness (QED) is 0.719. The Morgan fingerprint density at radius 2 is 2.43 bits per heavy atom. The first-order chi connectivity index (χ1) is 6.86. The number of ether oxygens (including phenoxy) is 1. The summed E-state index contributed by atoms with van der Waals surface area (Å²) in [6.07, 6.45) is 2.55. The van der Waals surface area contributed by atoms with Crippen LogP contribution in [0.3, 0.4) is 0 Å². The fourth-order valence-corrected chi connectivity index (χ4v) is 2.40. The van der Waals surface area contributed by atoms with Crippen LogP contribution in [0, 0.1) is 0 Å². The molecular weight excluding hydrogens is 178 g/mol. The number of hydrogen-bond acceptors (Lipinski definition) is 3. The third-order valence-electron chi connectivity index (χ3n) is 3.13. The Hall–Kier alpha value is -0.870. The Balaban J connectivity index is 2.01. The Labute approximate surface area is 83.2 Å². The van der Waals surface area contributed by atoms with Crippen molar-refractivity contribution in [2.24, 2.45) is 7.05 Å². The van der Waals surface area contributed by atoms with Gasteiger partial charge in [-0.1, -0.05) is 0 Å². The van der Waals surface area contributed by atoms with Crippen molar-refractivity contribution in [1.29, 1.82) is 0 Å². The maximum Gasteiger partial charge on any atom is 0.102 e. The first-order valence-corrected chi connectivity index (χ1v) is 5.23. The SMILES string of the molecule is Cn1nc(C2CCCO2)c2c1CNC2. The van der Waals surface area contributed by atoms with Gasteiger partial charge in [-0.05, 0) is 12.8 Å². The molecule has 0 spiro atoms. The van der Waals surface area contributed by atoms with Crippen LogP contribution in [-0.2, 0) is 24.9 Å². The summed E-state index contributed by atoms with van der Waals surface area (Å²) in [6, 6.07) is 0. The minimum Gasteiger partial charge on any atom is -0.372 e. The van der Waals surface area contributed by atoms with Gasteiger partial charge in [0.05, 0.1) is 11.4 Å². The molecule has 0 aliphatic carbocycles. The fourth-order valence-electron chi connectivity index (χ4n) is 2.40. The van der Waals surface area contributed by atoms with Gasteiger partial charge in [0, 0.05) is 32.3 Å². The highest BCUT2D eigenvalue weighted by atomic mass is 16.5. The minimum atomic E-state index is 0.254. The molecule has 4 heteroatoms. The first-order valence-electron chi connectivity index (χ1n) is 5.23. The van der Waals surface area contributed by atoms with E-state index >= 15 is 0 Å². The second-order valence-electron chi connectivity index (χ2n) is 4.04. The number of nitrogens with zero attached hydrogens (tertiary/aromatic N) is 2. The summed E-state index contributed by atoms with van der Waals surface area (Å²) in [5.41, 5.74) is 3.87. The molecule has 76 valence electrons. The third-order valence-corrected chi connectivity index (χ3v) is 3.13. The van der Waals surface area contributed by atoms with E-state index in [9.17, 15) is 0 Å². The largest absolute Gasteiger partial charge is 0.372 e. The molecule has 0 amide bonds. The highest BCUT2D eigenvalue weighted by Crippen LogP contribution is 2.32. The summed E-state index contributed by atoms with van der Waals surface area (Å²) in [5.74, 6) is 0. The molecule has 1 fully saturated rings. The van der Waals surface area contributed by atoms with E-state index in [4.69, 9.17) is 4.74 Å². The summed E-state index contributed by atoms with van der Waals surface area (Å²) >= 11 is 0. The molecule has 1 saturated heterocycles. The lowest BCUT2D eigenvalue weighted by molar-refractivity contribution is 0.107. The summed E-state index contributed by atoms with van der Waals surface area (Å²) in [6.45, 7) is 2.80. The number of nitrogens with one attached hydrogen (secondary N) is 1. The molecule has 1 aromatic rings. The predicted molar refractivity (Wildman–Crippen MR) is 51.7 cm³/mol. The van der Waals surface area contributed by atoms with Crippen LogP contribution < -0.4 is 5.32 Å². The number of aromatic nitrogens is 2. The molecular formula is C10H15N3O. The van der Waals surface area contributed by atoms with Gasteiger partial charge < -0.3 is 10.1 Å². The van der Waals surface area contributed by atoms with Crippen molar-refractivity contribution in [2.75, 3.05) is 6.61 Å². The van der Waals surface area contributed by atoms with E-state index in [1.807, 2.05) is 11.7 Å². The van der Waals surface area contributed by atoms with Gasteiger partial charge in [-0.15, -0.1) is 0 Å². The molecule has 2 aliphatic rings. The molecule has 1 unspecified atom stereocenters. The molecule has 0 bridgehead atoms. The van der Waals surface area contributed by atoms with Crippen molar-refractivity contribution in [1.82, 2.24) is 15.1 Å². The minimum absolute atomic E-state index is 0.254. The molecule has 2 aliphatic heterocycles. The fraction of sp³-hybridized carbons (Fsp3) is 0.700. The molecule has 0 aromatic carbocycles.